The van der Waals surface area contributed by atoms with E-state index in [1.54, 1.807) is 23.0 Å². The molecule has 154 valence electrons. The van der Waals surface area contributed by atoms with Gasteiger partial charge in [0, 0.05) is 19.0 Å². The van der Waals surface area contributed by atoms with Crippen LogP contribution in [0.5, 0.6) is 0 Å². The van der Waals surface area contributed by atoms with Gasteiger partial charge in [-0.2, -0.15) is 5.10 Å². The van der Waals surface area contributed by atoms with E-state index >= 15 is 0 Å². The third kappa shape index (κ3) is 4.42. The van der Waals surface area contributed by atoms with Crippen LogP contribution in [0.2, 0.25) is 0 Å². The number of rotatable bonds is 7. The van der Waals surface area contributed by atoms with Crippen LogP contribution in [0, 0.1) is 6.92 Å². The van der Waals surface area contributed by atoms with Crippen molar-refractivity contribution in [2.75, 3.05) is 14.1 Å². The number of benzene rings is 1. The molecule has 9 heteroatoms. The predicted octanol–water partition coefficient (Wildman–Crippen LogP) is 2.98. The molecule has 7 nitrogen and oxygen atoms in total. The van der Waals surface area contributed by atoms with Crippen LogP contribution < -0.4 is 5.32 Å². The maximum absolute atomic E-state index is 12.7. The Morgan fingerprint density at radius 3 is 2.48 bits per heavy atom. The molecule has 0 aliphatic heterocycles. The van der Waals surface area contributed by atoms with Crippen molar-refractivity contribution in [3.05, 3.63) is 64.3 Å². The van der Waals surface area contributed by atoms with Crippen LogP contribution in [0.1, 0.15) is 33.4 Å². The molecule has 2 aromatic heterocycles. The molecule has 0 radical (unpaired) electrons. The van der Waals surface area contributed by atoms with Crippen molar-refractivity contribution in [2.45, 2.75) is 31.0 Å². The molecule has 1 amide bonds. The summed E-state index contributed by atoms with van der Waals surface area (Å²) < 4.78 is 27.6. The van der Waals surface area contributed by atoms with Crippen molar-refractivity contribution in [1.29, 1.82) is 0 Å². The van der Waals surface area contributed by atoms with Crippen LogP contribution in [-0.2, 0) is 23.0 Å². The number of carbonyl (C=O) groups excluding carboxylic acids is 1. The number of hydrogen-bond acceptors (Lipinski definition) is 5. The molecule has 0 aliphatic carbocycles. The van der Waals surface area contributed by atoms with E-state index in [1.165, 1.54) is 18.4 Å². The van der Waals surface area contributed by atoms with Crippen LogP contribution in [-0.4, -0.2) is 42.5 Å². The molecule has 1 N–H and O–H groups in total. The van der Waals surface area contributed by atoms with Gasteiger partial charge in [0.25, 0.3) is 15.9 Å². The first-order valence-corrected chi connectivity index (χ1v) is 11.4. The van der Waals surface area contributed by atoms with E-state index in [-0.39, 0.29) is 16.7 Å². The van der Waals surface area contributed by atoms with E-state index in [9.17, 15) is 13.2 Å². The molecule has 29 heavy (non-hydrogen) atoms. The average molecular weight is 433 g/mol. The van der Waals surface area contributed by atoms with E-state index in [2.05, 4.69) is 10.4 Å². The second-order valence-corrected chi connectivity index (χ2v) is 10.3. The molecule has 3 rings (SSSR count). The lowest BCUT2D eigenvalue weighted by Crippen LogP contribution is -2.23. The van der Waals surface area contributed by atoms with Crippen molar-refractivity contribution >= 4 is 27.3 Å². The van der Waals surface area contributed by atoms with Crippen molar-refractivity contribution in [2.24, 2.45) is 0 Å². The predicted molar refractivity (Wildman–Crippen MR) is 114 cm³/mol. The summed E-state index contributed by atoms with van der Waals surface area (Å²) in [5.41, 5.74) is 3.41. The largest absolute Gasteiger partial charge is 0.347 e. The zero-order valence-corrected chi connectivity index (χ0v) is 18.5. The smallest absolute Gasteiger partial charge is 0.255 e. The van der Waals surface area contributed by atoms with Gasteiger partial charge < -0.3 is 5.32 Å². The molecule has 2 heterocycles. The van der Waals surface area contributed by atoms with Crippen LogP contribution in [0.25, 0.3) is 5.69 Å². The fourth-order valence-corrected chi connectivity index (χ4v) is 5.31. The van der Waals surface area contributed by atoms with E-state index in [0.717, 1.165) is 33.2 Å². The molecule has 0 saturated heterocycles. The highest BCUT2D eigenvalue weighted by molar-refractivity contribution is 7.91. The van der Waals surface area contributed by atoms with Gasteiger partial charge in [-0.15, -0.1) is 11.3 Å². The summed E-state index contributed by atoms with van der Waals surface area (Å²) in [6.45, 7) is 4.26. The van der Waals surface area contributed by atoms with Crippen LogP contribution in [0.15, 0.2) is 46.8 Å². The molecule has 0 unspecified atom stereocenters. The third-order valence-electron chi connectivity index (χ3n) is 4.52. The van der Waals surface area contributed by atoms with Crippen molar-refractivity contribution in [3.8, 4) is 5.69 Å². The summed E-state index contributed by atoms with van der Waals surface area (Å²) >= 11 is 1.15. The number of nitrogens with one attached hydrogen (secondary N) is 1. The molecule has 0 saturated carbocycles. The number of nitrogens with zero attached hydrogens (tertiary/aromatic N) is 3. The van der Waals surface area contributed by atoms with Gasteiger partial charge in [0.15, 0.2) is 0 Å². The number of amides is 1. The van der Waals surface area contributed by atoms with E-state index in [4.69, 9.17) is 0 Å². The third-order valence-corrected chi connectivity index (χ3v) is 7.89. The summed E-state index contributed by atoms with van der Waals surface area (Å²) in [4.78, 5) is 13.5. The molecular weight excluding hydrogens is 408 g/mol. The average Bonchev–Trinajstić information content (AvgIpc) is 3.34. The maximum Gasteiger partial charge on any atom is 0.255 e. The molecule has 0 spiro atoms. The number of carbonyl (C=O) groups is 1. The van der Waals surface area contributed by atoms with E-state index in [1.807, 2.05) is 38.1 Å². The minimum atomic E-state index is -3.46. The Balaban J connectivity index is 1.75. The first-order chi connectivity index (χ1) is 13.7. The Hall–Kier alpha value is -2.49. The number of aryl methyl sites for hydroxylation is 1. The fourth-order valence-electron chi connectivity index (χ4n) is 2.85. The standard InChI is InChI=1S/C20H24N4O3S2/c1-5-18-17(13-22-24(18)15-8-6-14(2)7-9-15)20(25)21-12-16-10-11-19(28-16)29(26,27)23(3)4/h6-11,13H,5,12H2,1-4H3,(H,21,25). The Bertz CT molecular complexity index is 1110. The summed E-state index contributed by atoms with van der Waals surface area (Å²) in [7, 11) is -0.473. The highest BCUT2D eigenvalue weighted by Crippen LogP contribution is 2.24. The van der Waals surface area contributed by atoms with E-state index in [0.29, 0.717) is 12.0 Å². The Labute approximate surface area is 175 Å². The highest BCUT2D eigenvalue weighted by atomic mass is 32.2. The monoisotopic (exact) mass is 432 g/mol. The normalized spacial score (nSPS) is 11.8. The summed E-state index contributed by atoms with van der Waals surface area (Å²) in [6, 6.07) is 11.2. The van der Waals surface area contributed by atoms with Gasteiger partial charge in [-0.25, -0.2) is 17.4 Å². The molecule has 0 aliphatic rings. The zero-order chi connectivity index (χ0) is 21.2. The first-order valence-electron chi connectivity index (χ1n) is 9.17. The Kier molecular flexibility index (Phi) is 6.21. The lowest BCUT2D eigenvalue weighted by molar-refractivity contribution is 0.0950. The molecule has 0 bridgehead atoms. The Morgan fingerprint density at radius 1 is 1.17 bits per heavy atom. The van der Waals surface area contributed by atoms with Gasteiger partial charge in [0.2, 0.25) is 0 Å². The maximum atomic E-state index is 12.7. The molecular formula is C20H24N4O3S2. The number of sulfonamides is 1. The van der Waals surface area contributed by atoms with Crippen molar-refractivity contribution < 1.29 is 13.2 Å². The summed E-state index contributed by atoms with van der Waals surface area (Å²) in [6.07, 6.45) is 2.23. The summed E-state index contributed by atoms with van der Waals surface area (Å²) in [5.74, 6) is -0.231. The SMILES string of the molecule is CCc1c(C(=O)NCc2ccc(S(=O)(=O)N(C)C)s2)cnn1-c1ccc(C)cc1. The second-order valence-electron chi connectivity index (χ2n) is 6.80. The highest BCUT2D eigenvalue weighted by Gasteiger charge is 2.20. The number of hydrogen-bond donors (Lipinski definition) is 1. The lowest BCUT2D eigenvalue weighted by atomic mass is 10.1. The molecule has 3 aromatic rings. The zero-order valence-electron chi connectivity index (χ0n) is 16.8. The van der Waals surface area contributed by atoms with Crippen LogP contribution in [0.4, 0.5) is 0 Å². The number of thiophene rings is 1. The number of aromatic nitrogens is 2. The van der Waals surface area contributed by atoms with E-state index < -0.39 is 10.0 Å². The van der Waals surface area contributed by atoms with Crippen LogP contribution >= 0.6 is 11.3 Å². The van der Waals surface area contributed by atoms with Gasteiger partial charge in [-0.1, -0.05) is 24.6 Å². The van der Waals surface area contributed by atoms with Crippen molar-refractivity contribution in [3.63, 3.8) is 0 Å². The van der Waals surface area contributed by atoms with Crippen molar-refractivity contribution in [1.82, 2.24) is 19.4 Å². The first kappa shape index (κ1) is 21.2. The molecule has 0 atom stereocenters. The fraction of sp³-hybridized carbons (Fsp3) is 0.300. The minimum absolute atomic E-state index is 0.231. The van der Waals surface area contributed by atoms with Gasteiger partial charge in [-0.3, -0.25) is 4.79 Å². The topological polar surface area (TPSA) is 84.3 Å². The van der Waals surface area contributed by atoms with Gasteiger partial charge in [0.1, 0.15) is 4.21 Å². The minimum Gasteiger partial charge on any atom is -0.347 e. The quantitative estimate of drug-likeness (QED) is 0.622. The summed E-state index contributed by atoms with van der Waals surface area (Å²) in [5, 5.41) is 7.26. The lowest BCUT2D eigenvalue weighted by Gasteiger charge is -2.09. The van der Waals surface area contributed by atoms with Gasteiger partial charge in [-0.05, 0) is 37.6 Å². The Morgan fingerprint density at radius 2 is 1.86 bits per heavy atom. The van der Waals surface area contributed by atoms with Gasteiger partial charge in [0.05, 0.1) is 29.7 Å². The second kappa shape index (κ2) is 8.48. The molecule has 0 fully saturated rings. The molecule has 1 aromatic carbocycles. The van der Waals surface area contributed by atoms with Crippen LogP contribution in [0.3, 0.4) is 0 Å². The van der Waals surface area contributed by atoms with Gasteiger partial charge >= 0.3 is 0 Å².